The Balaban J connectivity index is 1.33. The highest BCUT2D eigenvalue weighted by atomic mass is 15.2. The van der Waals surface area contributed by atoms with E-state index in [0.29, 0.717) is 17.6 Å². The predicted octanol–water partition coefficient (Wildman–Crippen LogP) is 10.0. The third-order valence-electron chi connectivity index (χ3n) is 9.12. The molecule has 10 rings (SSSR count). The van der Waals surface area contributed by atoms with Gasteiger partial charge in [-0.1, -0.05) is 121 Å². The lowest BCUT2D eigenvalue weighted by molar-refractivity contribution is 0.954. The number of fused-ring (bicyclic) bond motifs is 11. The van der Waals surface area contributed by atoms with Crippen LogP contribution in [0.25, 0.3) is 88.6 Å². The standard InChI is InChI=1S/C41H25N5/c1-3-13-26(14-4-1)39-42-40(27-15-5-2-6-16-27)44-41(43-39)46-35-22-12-10-20-32(35)33-25-36-28(24-38(33)46)23-37-31-19-8-7-17-29(31)30-18-9-11-21-34(30)45(36)37/h1-25H. The Hall–Kier alpha value is -6.33. The third kappa shape index (κ3) is 3.60. The highest BCUT2D eigenvalue weighted by Gasteiger charge is 2.20. The van der Waals surface area contributed by atoms with Crippen molar-refractivity contribution in [2.45, 2.75) is 0 Å². The van der Waals surface area contributed by atoms with Crippen LogP contribution >= 0.6 is 0 Å². The smallest absolute Gasteiger partial charge is 0.238 e. The molecule has 4 heterocycles. The van der Waals surface area contributed by atoms with Crippen LogP contribution in [0.5, 0.6) is 0 Å². The zero-order valence-electron chi connectivity index (χ0n) is 24.7. The summed E-state index contributed by atoms with van der Waals surface area (Å²) in [7, 11) is 0. The minimum atomic E-state index is 0.595. The first-order valence-electron chi connectivity index (χ1n) is 15.5. The molecule has 10 aromatic rings. The van der Waals surface area contributed by atoms with Crippen molar-refractivity contribution in [2.75, 3.05) is 0 Å². The van der Waals surface area contributed by atoms with Crippen LogP contribution in [0.1, 0.15) is 0 Å². The number of hydrogen-bond donors (Lipinski definition) is 0. The minimum Gasteiger partial charge on any atom is -0.309 e. The number of pyridine rings is 1. The summed E-state index contributed by atoms with van der Waals surface area (Å²) in [6.07, 6.45) is 0. The average Bonchev–Trinajstić information content (AvgIpc) is 3.67. The van der Waals surface area contributed by atoms with Crippen LogP contribution in [-0.4, -0.2) is 23.9 Å². The van der Waals surface area contributed by atoms with E-state index in [9.17, 15) is 0 Å². The van der Waals surface area contributed by atoms with E-state index in [1.807, 2.05) is 60.7 Å². The Morgan fingerprint density at radius 2 is 0.848 bits per heavy atom. The van der Waals surface area contributed by atoms with E-state index in [0.717, 1.165) is 32.9 Å². The summed E-state index contributed by atoms with van der Waals surface area (Å²) in [5, 5.41) is 7.23. The largest absolute Gasteiger partial charge is 0.309 e. The number of nitrogens with zero attached hydrogens (tertiary/aromatic N) is 5. The topological polar surface area (TPSA) is 48.0 Å². The Morgan fingerprint density at radius 1 is 0.348 bits per heavy atom. The van der Waals surface area contributed by atoms with Crippen molar-refractivity contribution in [3.63, 3.8) is 0 Å². The van der Waals surface area contributed by atoms with E-state index in [1.165, 1.54) is 38.1 Å². The summed E-state index contributed by atoms with van der Waals surface area (Å²) in [5.41, 5.74) is 7.59. The summed E-state index contributed by atoms with van der Waals surface area (Å²) < 4.78 is 4.62. The van der Waals surface area contributed by atoms with Crippen molar-refractivity contribution in [2.24, 2.45) is 0 Å². The molecule has 0 bridgehead atoms. The van der Waals surface area contributed by atoms with Crippen molar-refractivity contribution in [3.05, 3.63) is 152 Å². The van der Waals surface area contributed by atoms with Gasteiger partial charge in [0, 0.05) is 38.1 Å². The number of para-hydroxylation sites is 2. The lowest BCUT2D eigenvalue weighted by atomic mass is 10.1. The van der Waals surface area contributed by atoms with Gasteiger partial charge in [0.2, 0.25) is 5.95 Å². The maximum Gasteiger partial charge on any atom is 0.238 e. The van der Waals surface area contributed by atoms with Crippen molar-refractivity contribution >= 4 is 59.9 Å². The summed E-state index contributed by atoms with van der Waals surface area (Å²) in [6.45, 7) is 0. The van der Waals surface area contributed by atoms with Gasteiger partial charge in [0.25, 0.3) is 0 Å². The van der Waals surface area contributed by atoms with Crippen LogP contribution in [0.3, 0.4) is 0 Å². The molecule has 0 aliphatic rings. The van der Waals surface area contributed by atoms with Gasteiger partial charge in [-0.15, -0.1) is 0 Å². The molecular weight excluding hydrogens is 562 g/mol. The van der Waals surface area contributed by atoms with Gasteiger partial charge >= 0.3 is 0 Å². The normalized spacial score (nSPS) is 11.9. The second-order valence-corrected chi connectivity index (χ2v) is 11.7. The van der Waals surface area contributed by atoms with Crippen LogP contribution in [0.15, 0.2) is 152 Å². The fraction of sp³-hybridized carbons (Fsp3) is 0. The molecule has 0 radical (unpaired) electrons. The van der Waals surface area contributed by atoms with E-state index < -0.39 is 0 Å². The highest BCUT2D eigenvalue weighted by Crippen LogP contribution is 2.39. The van der Waals surface area contributed by atoms with Gasteiger partial charge < -0.3 is 4.40 Å². The molecule has 0 amide bonds. The molecule has 6 aromatic carbocycles. The van der Waals surface area contributed by atoms with E-state index >= 15 is 0 Å². The molecule has 0 saturated carbocycles. The van der Waals surface area contributed by atoms with E-state index in [4.69, 9.17) is 15.0 Å². The lowest BCUT2D eigenvalue weighted by Crippen LogP contribution is -2.06. The maximum atomic E-state index is 5.11. The molecule has 0 unspecified atom stereocenters. The quantitative estimate of drug-likeness (QED) is 0.193. The van der Waals surface area contributed by atoms with Crippen LogP contribution in [-0.2, 0) is 0 Å². The molecule has 0 spiro atoms. The number of aromatic nitrogens is 5. The molecule has 0 N–H and O–H groups in total. The second-order valence-electron chi connectivity index (χ2n) is 11.7. The Kier molecular flexibility index (Phi) is 5.22. The number of rotatable bonds is 3. The molecule has 0 aliphatic heterocycles. The zero-order valence-corrected chi connectivity index (χ0v) is 24.7. The molecular formula is C41H25N5. The van der Waals surface area contributed by atoms with E-state index in [2.05, 4.69) is 100.0 Å². The predicted molar refractivity (Wildman–Crippen MR) is 189 cm³/mol. The third-order valence-corrected chi connectivity index (χ3v) is 9.12. The SMILES string of the molecule is c1ccc(-c2nc(-c3ccccc3)nc(-n3c4ccccc4c4cc5c(cc43)cc3c4ccccc4c4ccccc4n53)n2)cc1. The van der Waals surface area contributed by atoms with Gasteiger partial charge in [0.15, 0.2) is 11.6 Å². The van der Waals surface area contributed by atoms with Crippen LogP contribution < -0.4 is 0 Å². The lowest BCUT2D eigenvalue weighted by Gasteiger charge is -2.11. The van der Waals surface area contributed by atoms with Crippen molar-refractivity contribution < 1.29 is 0 Å². The van der Waals surface area contributed by atoms with Crippen LogP contribution in [0.2, 0.25) is 0 Å². The Labute approximate surface area is 263 Å². The first-order valence-corrected chi connectivity index (χ1v) is 15.5. The van der Waals surface area contributed by atoms with E-state index in [-0.39, 0.29) is 0 Å². The van der Waals surface area contributed by atoms with Gasteiger partial charge in [-0.3, -0.25) is 4.57 Å². The van der Waals surface area contributed by atoms with Gasteiger partial charge in [0.05, 0.1) is 27.6 Å². The molecule has 5 nitrogen and oxygen atoms in total. The number of benzene rings is 6. The van der Waals surface area contributed by atoms with Crippen LogP contribution in [0.4, 0.5) is 0 Å². The van der Waals surface area contributed by atoms with Crippen LogP contribution in [0, 0.1) is 0 Å². The van der Waals surface area contributed by atoms with E-state index in [1.54, 1.807) is 0 Å². The first kappa shape index (κ1) is 25.0. The van der Waals surface area contributed by atoms with Gasteiger partial charge in [0.1, 0.15) is 0 Å². The fourth-order valence-electron chi connectivity index (χ4n) is 7.08. The molecule has 46 heavy (non-hydrogen) atoms. The summed E-state index contributed by atoms with van der Waals surface area (Å²) >= 11 is 0. The molecule has 214 valence electrons. The van der Waals surface area contributed by atoms with Crippen molar-refractivity contribution in [1.82, 2.24) is 23.9 Å². The molecule has 0 fully saturated rings. The Morgan fingerprint density at radius 3 is 1.50 bits per heavy atom. The molecule has 0 saturated heterocycles. The Bertz CT molecular complexity index is 2740. The van der Waals surface area contributed by atoms with Gasteiger partial charge in [-0.25, -0.2) is 4.98 Å². The molecule has 5 heteroatoms. The van der Waals surface area contributed by atoms with Crippen molar-refractivity contribution in [1.29, 1.82) is 0 Å². The molecule has 0 aliphatic carbocycles. The monoisotopic (exact) mass is 587 g/mol. The van der Waals surface area contributed by atoms with Gasteiger partial charge in [-0.2, -0.15) is 9.97 Å². The minimum absolute atomic E-state index is 0.595. The summed E-state index contributed by atoms with van der Waals surface area (Å²) in [4.78, 5) is 15.2. The number of hydrogen-bond acceptors (Lipinski definition) is 3. The fourth-order valence-corrected chi connectivity index (χ4v) is 7.08. The highest BCUT2D eigenvalue weighted by molar-refractivity contribution is 6.18. The second kappa shape index (κ2) is 9.58. The average molecular weight is 588 g/mol. The molecule has 0 atom stereocenters. The van der Waals surface area contributed by atoms with Crippen molar-refractivity contribution in [3.8, 4) is 28.7 Å². The molecule has 4 aromatic heterocycles. The first-order chi connectivity index (χ1) is 22.8. The summed E-state index contributed by atoms with van der Waals surface area (Å²) in [5.74, 6) is 1.88. The maximum absolute atomic E-state index is 5.11. The summed E-state index contributed by atoms with van der Waals surface area (Å²) in [6, 6.07) is 53.2. The van der Waals surface area contributed by atoms with Gasteiger partial charge in [-0.05, 0) is 35.7 Å². The zero-order chi connectivity index (χ0) is 30.2.